The van der Waals surface area contributed by atoms with E-state index in [2.05, 4.69) is 7.05 Å². The molecule has 0 atom stereocenters. The summed E-state index contributed by atoms with van der Waals surface area (Å²) in [6, 6.07) is 1.29. The molecular weight excluding hydrogens is 132 g/mol. The van der Waals surface area contributed by atoms with Crippen molar-refractivity contribution < 1.29 is 0 Å². The number of hydrogen-bond acceptors (Lipinski definition) is 2. The fourth-order valence-electron chi connectivity index (χ4n) is 0.616. The molecule has 0 aliphatic rings. The molecule has 1 rings (SSSR count). The van der Waals surface area contributed by atoms with Crippen LogP contribution in [0.15, 0.2) is 21.9 Å². The normalized spacial score (nSPS) is 9.80. The Balaban J connectivity index is 3.66. The highest BCUT2D eigenvalue weighted by atomic mass is 16.2. The number of nitrogens with zero attached hydrogens (tertiary/aromatic N) is 2. The highest BCUT2D eigenvalue weighted by Gasteiger charge is 1.94. The second-order valence-corrected chi connectivity index (χ2v) is 1.97. The molecule has 0 saturated carbocycles. The Labute approximate surface area is 57.3 Å². The summed E-state index contributed by atoms with van der Waals surface area (Å²) >= 11 is 0. The molecule has 0 bridgehead atoms. The summed E-state index contributed by atoms with van der Waals surface area (Å²) in [5, 5.41) is 0. The van der Waals surface area contributed by atoms with E-state index in [-0.39, 0.29) is 5.56 Å². The topological polar surface area (TPSA) is 44.0 Å². The maximum absolute atomic E-state index is 10.9. The van der Waals surface area contributed by atoms with Gasteiger partial charge >= 0.3 is 5.69 Å². The van der Waals surface area contributed by atoms with Crippen molar-refractivity contribution in [1.29, 1.82) is 0 Å². The van der Waals surface area contributed by atoms with E-state index in [9.17, 15) is 9.59 Å². The zero-order valence-corrected chi connectivity index (χ0v) is 5.57. The third-order valence-corrected chi connectivity index (χ3v) is 1.26. The minimum absolute atomic E-state index is 0.315. The van der Waals surface area contributed by atoms with Crippen molar-refractivity contribution in [2.45, 2.75) is 0 Å². The molecule has 10 heavy (non-hydrogen) atoms. The summed E-state index contributed by atoms with van der Waals surface area (Å²) in [5.74, 6) is 0. The third kappa shape index (κ3) is 0.877. The summed E-state index contributed by atoms with van der Waals surface area (Å²) in [6.45, 7) is 0. The van der Waals surface area contributed by atoms with Gasteiger partial charge in [0.05, 0.1) is 0 Å². The lowest BCUT2D eigenvalue weighted by Gasteiger charge is -1.97. The van der Waals surface area contributed by atoms with E-state index >= 15 is 0 Å². The van der Waals surface area contributed by atoms with Crippen LogP contribution in [0.25, 0.3) is 0 Å². The molecule has 0 aliphatic carbocycles. The highest BCUT2D eigenvalue weighted by Crippen LogP contribution is 1.67. The van der Waals surface area contributed by atoms with E-state index in [1.165, 1.54) is 19.3 Å². The van der Waals surface area contributed by atoms with Crippen LogP contribution in [0.1, 0.15) is 0 Å². The Morgan fingerprint density at radius 1 is 1.50 bits per heavy atom. The van der Waals surface area contributed by atoms with Crippen LogP contribution in [0.4, 0.5) is 0 Å². The molecule has 0 unspecified atom stereocenters. The van der Waals surface area contributed by atoms with Crippen molar-refractivity contribution in [2.24, 2.45) is 7.05 Å². The first-order chi connectivity index (χ1) is 4.63. The zero-order chi connectivity index (χ0) is 7.72. The van der Waals surface area contributed by atoms with Gasteiger partial charge in [-0.25, -0.2) is 4.79 Å². The van der Waals surface area contributed by atoms with Gasteiger partial charge in [0.1, 0.15) is 0 Å². The van der Waals surface area contributed by atoms with Gasteiger partial charge in [-0.15, -0.1) is 0 Å². The van der Waals surface area contributed by atoms with E-state index in [1.807, 2.05) is 0 Å². The molecular formula is C6H7N2O2. The van der Waals surface area contributed by atoms with Crippen LogP contribution in [0, 0.1) is 7.05 Å². The lowest BCUT2D eigenvalue weighted by atomic mass is 10.6. The molecule has 0 fully saturated rings. The summed E-state index contributed by atoms with van der Waals surface area (Å²) in [6.07, 6.45) is 1.34. The third-order valence-electron chi connectivity index (χ3n) is 1.26. The minimum atomic E-state index is -0.410. The molecule has 0 saturated heterocycles. The SMILES string of the molecule is [CH2]n1ccc(=O)n(C)c1=O. The van der Waals surface area contributed by atoms with Gasteiger partial charge in [0.2, 0.25) is 0 Å². The molecule has 0 spiro atoms. The van der Waals surface area contributed by atoms with Gasteiger partial charge in [0, 0.05) is 26.4 Å². The second-order valence-electron chi connectivity index (χ2n) is 1.97. The van der Waals surface area contributed by atoms with Gasteiger partial charge in [-0.1, -0.05) is 0 Å². The maximum atomic E-state index is 10.9. The lowest BCUT2D eigenvalue weighted by Crippen LogP contribution is -2.34. The predicted octanol–water partition coefficient (Wildman–Crippen LogP) is -0.813. The van der Waals surface area contributed by atoms with Crippen molar-refractivity contribution in [3.8, 4) is 0 Å². The summed E-state index contributed by atoms with van der Waals surface area (Å²) in [4.78, 5) is 21.6. The molecule has 1 aromatic rings. The van der Waals surface area contributed by atoms with Crippen molar-refractivity contribution in [3.63, 3.8) is 0 Å². The quantitative estimate of drug-likeness (QED) is 0.471. The molecule has 4 heteroatoms. The van der Waals surface area contributed by atoms with Crippen LogP contribution >= 0.6 is 0 Å². The van der Waals surface area contributed by atoms with E-state index in [0.717, 1.165) is 9.13 Å². The van der Waals surface area contributed by atoms with Gasteiger partial charge in [-0.2, -0.15) is 0 Å². The first kappa shape index (κ1) is 6.80. The fraction of sp³-hybridized carbons (Fsp3) is 0.167. The molecule has 1 radical (unpaired) electrons. The van der Waals surface area contributed by atoms with Crippen molar-refractivity contribution >= 4 is 0 Å². The fourth-order valence-corrected chi connectivity index (χ4v) is 0.616. The van der Waals surface area contributed by atoms with Gasteiger partial charge in [-0.05, 0) is 0 Å². The van der Waals surface area contributed by atoms with Crippen LogP contribution in [-0.2, 0) is 7.05 Å². The second kappa shape index (κ2) is 2.13. The summed E-state index contributed by atoms with van der Waals surface area (Å²) < 4.78 is 2.09. The Morgan fingerprint density at radius 3 is 2.60 bits per heavy atom. The molecule has 0 amide bonds. The first-order valence-corrected chi connectivity index (χ1v) is 2.72. The molecule has 0 N–H and O–H groups in total. The molecule has 4 nitrogen and oxygen atoms in total. The first-order valence-electron chi connectivity index (χ1n) is 2.72. The van der Waals surface area contributed by atoms with Gasteiger partial charge in [0.25, 0.3) is 5.56 Å². The average Bonchev–Trinajstić information content (AvgIpc) is 1.93. The summed E-state index contributed by atoms with van der Waals surface area (Å²) in [7, 11) is 4.78. The maximum Gasteiger partial charge on any atom is 0.330 e. The Morgan fingerprint density at radius 2 is 2.10 bits per heavy atom. The van der Waals surface area contributed by atoms with E-state index in [4.69, 9.17) is 0 Å². The monoisotopic (exact) mass is 139 g/mol. The molecule has 1 aromatic heterocycles. The van der Waals surface area contributed by atoms with Crippen molar-refractivity contribution in [1.82, 2.24) is 9.13 Å². The van der Waals surface area contributed by atoms with Crippen LogP contribution in [0.3, 0.4) is 0 Å². The molecule has 53 valence electrons. The predicted molar refractivity (Wildman–Crippen MR) is 36.7 cm³/mol. The highest BCUT2D eigenvalue weighted by molar-refractivity contribution is 4.85. The van der Waals surface area contributed by atoms with Crippen LogP contribution in [-0.4, -0.2) is 9.13 Å². The Bertz CT molecular complexity index is 348. The van der Waals surface area contributed by atoms with Gasteiger partial charge in [0.15, 0.2) is 0 Å². The number of aromatic nitrogens is 2. The zero-order valence-electron chi connectivity index (χ0n) is 5.57. The van der Waals surface area contributed by atoms with Gasteiger partial charge in [-0.3, -0.25) is 13.9 Å². The van der Waals surface area contributed by atoms with Crippen LogP contribution in [0.5, 0.6) is 0 Å². The smallest absolute Gasteiger partial charge is 0.299 e. The molecule has 0 aromatic carbocycles. The standard InChI is InChI=1S/C6H7N2O2/c1-7-4-3-5(9)8(2)6(7)10/h3-4H,1H2,2H3. The average molecular weight is 139 g/mol. The lowest BCUT2D eigenvalue weighted by molar-refractivity contribution is 0.726. The number of hydrogen-bond donors (Lipinski definition) is 0. The van der Waals surface area contributed by atoms with Crippen molar-refractivity contribution in [3.05, 3.63) is 40.1 Å². The van der Waals surface area contributed by atoms with E-state index in [0.29, 0.717) is 0 Å². The molecule has 1 heterocycles. The Hall–Kier alpha value is -1.32. The largest absolute Gasteiger partial charge is 0.330 e. The van der Waals surface area contributed by atoms with E-state index in [1.54, 1.807) is 0 Å². The summed E-state index contributed by atoms with van der Waals surface area (Å²) in [5.41, 5.74) is -0.725. The number of rotatable bonds is 0. The van der Waals surface area contributed by atoms with Gasteiger partial charge < -0.3 is 0 Å². The van der Waals surface area contributed by atoms with Crippen molar-refractivity contribution in [2.75, 3.05) is 0 Å². The van der Waals surface area contributed by atoms with Crippen LogP contribution < -0.4 is 11.2 Å². The van der Waals surface area contributed by atoms with Crippen LogP contribution in [0.2, 0.25) is 0 Å². The minimum Gasteiger partial charge on any atom is -0.299 e. The van der Waals surface area contributed by atoms with E-state index < -0.39 is 5.69 Å². The molecule has 0 aliphatic heterocycles. The Kier molecular flexibility index (Phi) is 1.45.